The second-order valence-corrected chi connectivity index (χ2v) is 6.86. The van der Waals surface area contributed by atoms with Gasteiger partial charge in [-0.1, -0.05) is 6.07 Å². The van der Waals surface area contributed by atoms with Gasteiger partial charge in [-0.15, -0.1) is 0 Å². The second kappa shape index (κ2) is 10.4. The van der Waals surface area contributed by atoms with E-state index >= 15 is 0 Å². The molecule has 2 rings (SSSR count). The van der Waals surface area contributed by atoms with Crippen LogP contribution < -0.4 is 19.5 Å². The number of carbonyl (C=O) groups excluding carboxylic acids is 1. The number of aryl methyl sites for hydroxylation is 1. The Labute approximate surface area is 161 Å². The smallest absolute Gasteiger partial charge is 0.220 e. The zero-order valence-electron chi connectivity index (χ0n) is 17.0. The molecule has 1 aromatic rings. The molecule has 2 atom stereocenters. The number of nitrogens with one attached hydrogen (secondary N) is 1. The Morgan fingerprint density at radius 2 is 1.78 bits per heavy atom. The lowest BCUT2D eigenvalue weighted by Crippen LogP contribution is -2.47. The minimum atomic E-state index is 0.0289. The number of carbonyl (C=O) groups is 1. The molecular formula is C20H32N2O5. The molecule has 0 bridgehead atoms. The van der Waals surface area contributed by atoms with Gasteiger partial charge in [0.1, 0.15) is 0 Å². The molecule has 1 N–H and O–H groups in total. The number of rotatable bonds is 9. The van der Waals surface area contributed by atoms with Crippen LogP contribution in [0.25, 0.3) is 0 Å². The Kier molecular flexibility index (Phi) is 8.19. The van der Waals surface area contributed by atoms with E-state index in [1.807, 2.05) is 12.1 Å². The van der Waals surface area contributed by atoms with Crippen molar-refractivity contribution < 1.29 is 23.7 Å². The molecule has 1 aliphatic heterocycles. The van der Waals surface area contributed by atoms with E-state index in [0.717, 1.165) is 25.2 Å². The largest absolute Gasteiger partial charge is 0.493 e. The molecule has 1 aromatic carbocycles. The van der Waals surface area contributed by atoms with Crippen molar-refractivity contribution >= 4 is 5.91 Å². The SMILES string of the molecule is COc1ccc(CCC(=O)NCCN2CC(C)OC(C)C2)c(OC)c1OC. The van der Waals surface area contributed by atoms with Gasteiger partial charge >= 0.3 is 0 Å². The molecule has 2 unspecified atom stereocenters. The summed E-state index contributed by atoms with van der Waals surface area (Å²) in [5, 5.41) is 3.00. The van der Waals surface area contributed by atoms with Gasteiger partial charge in [-0.25, -0.2) is 0 Å². The summed E-state index contributed by atoms with van der Waals surface area (Å²) in [6.07, 6.45) is 1.44. The summed E-state index contributed by atoms with van der Waals surface area (Å²) in [5.74, 6) is 1.80. The molecule has 27 heavy (non-hydrogen) atoms. The molecule has 1 saturated heterocycles. The zero-order valence-corrected chi connectivity index (χ0v) is 17.0. The van der Waals surface area contributed by atoms with Crippen molar-refractivity contribution in [3.8, 4) is 17.2 Å². The third-order valence-corrected chi connectivity index (χ3v) is 4.65. The Bertz CT molecular complexity index is 613. The van der Waals surface area contributed by atoms with Crippen molar-refractivity contribution in [2.24, 2.45) is 0 Å². The van der Waals surface area contributed by atoms with Gasteiger partial charge in [-0.2, -0.15) is 0 Å². The molecule has 0 spiro atoms. The lowest BCUT2D eigenvalue weighted by molar-refractivity contribution is -0.121. The van der Waals surface area contributed by atoms with Crippen LogP contribution in [0.1, 0.15) is 25.8 Å². The number of hydrogen-bond acceptors (Lipinski definition) is 6. The Morgan fingerprint density at radius 3 is 2.37 bits per heavy atom. The van der Waals surface area contributed by atoms with Gasteiger partial charge in [0.25, 0.3) is 0 Å². The van der Waals surface area contributed by atoms with Gasteiger partial charge in [-0.3, -0.25) is 9.69 Å². The average molecular weight is 380 g/mol. The van der Waals surface area contributed by atoms with Crippen LogP contribution in [0.5, 0.6) is 17.2 Å². The monoisotopic (exact) mass is 380 g/mol. The van der Waals surface area contributed by atoms with Crippen LogP contribution in [0, 0.1) is 0 Å². The van der Waals surface area contributed by atoms with Gasteiger partial charge in [-0.05, 0) is 31.9 Å². The van der Waals surface area contributed by atoms with Crippen LogP contribution in [-0.2, 0) is 16.0 Å². The van der Waals surface area contributed by atoms with E-state index in [9.17, 15) is 4.79 Å². The number of ether oxygens (including phenoxy) is 4. The molecule has 152 valence electrons. The van der Waals surface area contributed by atoms with Gasteiger partial charge in [0.15, 0.2) is 11.5 Å². The first kappa shape index (κ1) is 21.3. The van der Waals surface area contributed by atoms with Gasteiger partial charge in [0.2, 0.25) is 11.7 Å². The molecule has 7 nitrogen and oxygen atoms in total. The highest BCUT2D eigenvalue weighted by molar-refractivity contribution is 5.76. The van der Waals surface area contributed by atoms with Gasteiger partial charge in [0.05, 0.1) is 33.5 Å². The fourth-order valence-electron chi connectivity index (χ4n) is 3.52. The summed E-state index contributed by atoms with van der Waals surface area (Å²) in [4.78, 5) is 14.5. The van der Waals surface area contributed by atoms with Crippen molar-refractivity contribution in [1.82, 2.24) is 10.2 Å². The van der Waals surface area contributed by atoms with Crippen molar-refractivity contribution in [3.63, 3.8) is 0 Å². The summed E-state index contributed by atoms with van der Waals surface area (Å²) in [5.41, 5.74) is 0.918. The maximum atomic E-state index is 12.2. The minimum Gasteiger partial charge on any atom is -0.493 e. The first-order chi connectivity index (χ1) is 13.0. The normalized spacial score (nSPS) is 20.2. The average Bonchev–Trinajstić information content (AvgIpc) is 2.64. The Balaban J connectivity index is 1.81. The van der Waals surface area contributed by atoms with Crippen LogP contribution in [0.15, 0.2) is 12.1 Å². The molecular weight excluding hydrogens is 348 g/mol. The summed E-state index contributed by atoms with van der Waals surface area (Å²) in [6, 6.07) is 3.74. The highest BCUT2D eigenvalue weighted by Gasteiger charge is 2.21. The van der Waals surface area contributed by atoms with E-state index in [-0.39, 0.29) is 18.1 Å². The van der Waals surface area contributed by atoms with E-state index < -0.39 is 0 Å². The molecule has 0 saturated carbocycles. The molecule has 1 amide bonds. The molecule has 1 aliphatic rings. The number of nitrogens with zero attached hydrogens (tertiary/aromatic N) is 1. The summed E-state index contributed by atoms with van der Waals surface area (Å²) in [6.45, 7) is 7.45. The summed E-state index contributed by atoms with van der Waals surface area (Å²) < 4.78 is 21.9. The number of amides is 1. The quantitative estimate of drug-likeness (QED) is 0.705. The molecule has 1 heterocycles. The van der Waals surface area contributed by atoms with Crippen LogP contribution in [0.4, 0.5) is 0 Å². The van der Waals surface area contributed by atoms with E-state index in [4.69, 9.17) is 18.9 Å². The molecule has 0 radical (unpaired) electrons. The predicted molar refractivity (Wildman–Crippen MR) is 104 cm³/mol. The highest BCUT2D eigenvalue weighted by Crippen LogP contribution is 2.40. The first-order valence-electron chi connectivity index (χ1n) is 9.40. The van der Waals surface area contributed by atoms with Crippen LogP contribution in [0.2, 0.25) is 0 Å². The molecule has 0 aliphatic carbocycles. The van der Waals surface area contributed by atoms with Crippen molar-refractivity contribution in [2.45, 2.75) is 38.9 Å². The lowest BCUT2D eigenvalue weighted by Gasteiger charge is -2.35. The zero-order chi connectivity index (χ0) is 19.8. The highest BCUT2D eigenvalue weighted by atomic mass is 16.5. The third kappa shape index (κ3) is 6.01. The van der Waals surface area contributed by atoms with Crippen LogP contribution >= 0.6 is 0 Å². The van der Waals surface area contributed by atoms with Crippen LogP contribution in [0.3, 0.4) is 0 Å². The lowest BCUT2D eigenvalue weighted by atomic mass is 10.1. The Hall–Kier alpha value is -1.99. The van der Waals surface area contributed by atoms with E-state index in [1.165, 1.54) is 0 Å². The van der Waals surface area contributed by atoms with E-state index in [1.54, 1.807) is 21.3 Å². The third-order valence-electron chi connectivity index (χ3n) is 4.65. The van der Waals surface area contributed by atoms with Gasteiger partial charge < -0.3 is 24.3 Å². The van der Waals surface area contributed by atoms with Gasteiger partial charge in [0, 0.05) is 32.6 Å². The molecule has 0 aromatic heterocycles. The number of benzene rings is 1. The maximum Gasteiger partial charge on any atom is 0.220 e. The van der Waals surface area contributed by atoms with E-state index in [2.05, 4.69) is 24.1 Å². The predicted octanol–water partition coefficient (Wildman–Crippen LogP) is 1.87. The Morgan fingerprint density at radius 1 is 1.11 bits per heavy atom. The minimum absolute atomic E-state index is 0.0289. The summed E-state index contributed by atoms with van der Waals surface area (Å²) in [7, 11) is 4.75. The standard InChI is InChI=1S/C20H32N2O5/c1-14-12-22(13-15(2)27-14)11-10-21-18(23)9-7-16-6-8-17(24-3)20(26-5)19(16)25-4/h6,8,14-15H,7,9-13H2,1-5H3,(H,21,23). The molecule has 7 heteroatoms. The number of methoxy groups -OCH3 is 3. The summed E-state index contributed by atoms with van der Waals surface area (Å²) >= 11 is 0. The fraction of sp³-hybridized carbons (Fsp3) is 0.650. The molecule has 1 fully saturated rings. The fourth-order valence-corrected chi connectivity index (χ4v) is 3.52. The van der Waals surface area contributed by atoms with E-state index in [0.29, 0.717) is 36.6 Å². The number of morpholine rings is 1. The maximum absolute atomic E-state index is 12.2. The number of hydrogen-bond donors (Lipinski definition) is 1. The first-order valence-corrected chi connectivity index (χ1v) is 9.40. The van der Waals surface area contributed by atoms with Crippen molar-refractivity contribution in [3.05, 3.63) is 17.7 Å². The topological polar surface area (TPSA) is 69.3 Å². The van der Waals surface area contributed by atoms with Crippen LogP contribution in [-0.4, -0.2) is 70.5 Å². The van der Waals surface area contributed by atoms with Crippen molar-refractivity contribution in [1.29, 1.82) is 0 Å². The van der Waals surface area contributed by atoms with Crippen molar-refractivity contribution in [2.75, 3.05) is 47.5 Å². The second-order valence-electron chi connectivity index (χ2n) is 6.86.